The highest BCUT2D eigenvalue weighted by Gasteiger charge is 2.16. The lowest BCUT2D eigenvalue weighted by Gasteiger charge is -2.24. The number of aryl methyl sites for hydroxylation is 1. The summed E-state index contributed by atoms with van der Waals surface area (Å²) in [4.78, 5) is 2.18. The summed E-state index contributed by atoms with van der Waals surface area (Å²) < 4.78 is 0. The number of nitrogens with zero attached hydrogens (tertiary/aromatic N) is 1. The Morgan fingerprint density at radius 2 is 1.68 bits per heavy atom. The molecule has 1 unspecified atom stereocenters. The highest BCUT2D eigenvalue weighted by molar-refractivity contribution is 7.71. The Kier molecular flexibility index (Phi) is 4.57. The van der Waals surface area contributed by atoms with Crippen LogP contribution in [0.4, 0.5) is 5.69 Å². The van der Waals surface area contributed by atoms with Crippen LogP contribution in [-0.2, 0) is 0 Å². The number of benzene rings is 2. The van der Waals surface area contributed by atoms with Crippen molar-refractivity contribution >= 4 is 24.4 Å². The van der Waals surface area contributed by atoms with Gasteiger partial charge in [-0.3, -0.25) is 5.09 Å². The highest BCUT2D eigenvalue weighted by Crippen LogP contribution is 2.32. The second-order valence-electron chi connectivity index (χ2n) is 4.78. The Hall–Kier alpha value is -1.37. The fourth-order valence-electron chi connectivity index (χ4n) is 2.16. The molecule has 0 amide bonds. The fraction of sp³-hybridized carbons (Fsp3) is 0.250. The maximum atomic E-state index is 3.50. The summed E-state index contributed by atoms with van der Waals surface area (Å²) in [7, 11) is 5.73. The number of hydrogen-bond donors (Lipinski definition) is 1. The van der Waals surface area contributed by atoms with Gasteiger partial charge in [0, 0.05) is 33.2 Å². The molecule has 1 atom stereocenters. The third-order valence-corrected chi connectivity index (χ3v) is 5.19. The summed E-state index contributed by atoms with van der Waals surface area (Å²) in [5.41, 5.74) is 2.59. The van der Waals surface area contributed by atoms with Gasteiger partial charge in [0.2, 0.25) is 0 Å². The molecule has 0 aliphatic carbocycles. The molecule has 0 heterocycles. The predicted octanol–water partition coefficient (Wildman–Crippen LogP) is 2.63. The Balaban J connectivity index is 2.52. The van der Waals surface area contributed by atoms with Gasteiger partial charge in [0.1, 0.15) is 0 Å². The molecule has 2 aromatic carbocycles. The molecule has 0 aliphatic rings. The van der Waals surface area contributed by atoms with Gasteiger partial charge in [-0.05, 0) is 31.4 Å². The molecule has 0 aromatic heterocycles. The maximum Gasteiger partial charge on any atom is 0.0455 e. The average molecular weight is 272 g/mol. The van der Waals surface area contributed by atoms with Crippen LogP contribution in [0, 0.1) is 6.92 Å². The summed E-state index contributed by atoms with van der Waals surface area (Å²) in [6.45, 7) is 2.15. The van der Waals surface area contributed by atoms with Crippen molar-refractivity contribution < 1.29 is 0 Å². The standard InChI is InChI=1S/C16H21N2P/c1-13-10-11-15(18(3)4)16(12-13)19(17-2)14-8-6-5-7-9-14/h5-12,17H,1-4H3. The molecule has 2 nitrogen and oxygen atoms in total. The second kappa shape index (κ2) is 6.18. The Bertz CT molecular complexity index is 538. The third kappa shape index (κ3) is 3.15. The molecule has 0 radical (unpaired) electrons. The van der Waals surface area contributed by atoms with Crippen LogP contribution in [0.15, 0.2) is 48.5 Å². The second-order valence-corrected chi connectivity index (χ2v) is 6.90. The van der Waals surface area contributed by atoms with Crippen molar-refractivity contribution in [3.05, 3.63) is 54.1 Å². The van der Waals surface area contributed by atoms with Crippen molar-refractivity contribution in [2.75, 3.05) is 26.0 Å². The van der Waals surface area contributed by atoms with Gasteiger partial charge in [0.25, 0.3) is 0 Å². The zero-order chi connectivity index (χ0) is 13.8. The average Bonchev–Trinajstić information content (AvgIpc) is 2.40. The van der Waals surface area contributed by atoms with Crippen molar-refractivity contribution in [1.82, 2.24) is 5.09 Å². The van der Waals surface area contributed by atoms with Crippen molar-refractivity contribution in [3.8, 4) is 0 Å². The van der Waals surface area contributed by atoms with Crippen molar-refractivity contribution in [3.63, 3.8) is 0 Å². The van der Waals surface area contributed by atoms with Crippen molar-refractivity contribution in [2.24, 2.45) is 0 Å². The van der Waals surface area contributed by atoms with Crippen LogP contribution in [0.1, 0.15) is 5.56 Å². The molecular formula is C16H21N2P. The summed E-state index contributed by atoms with van der Waals surface area (Å²) in [6.07, 6.45) is 0. The fourth-order valence-corrected chi connectivity index (χ4v) is 4.24. The molecule has 2 rings (SSSR count). The molecule has 0 saturated carbocycles. The van der Waals surface area contributed by atoms with Gasteiger partial charge in [-0.1, -0.05) is 42.0 Å². The van der Waals surface area contributed by atoms with Crippen LogP contribution >= 0.6 is 8.07 Å². The van der Waals surface area contributed by atoms with Crippen molar-refractivity contribution in [2.45, 2.75) is 6.92 Å². The largest absolute Gasteiger partial charge is 0.377 e. The molecule has 0 fully saturated rings. The van der Waals surface area contributed by atoms with E-state index in [9.17, 15) is 0 Å². The Morgan fingerprint density at radius 3 is 2.26 bits per heavy atom. The van der Waals surface area contributed by atoms with E-state index in [-0.39, 0.29) is 0 Å². The quantitative estimate of drug-likeness (QED) is 0.861. The molecule has 2 aromatic rings. The number of hydrogen-bond acceptors (Lipinski definition) is 2. The van der Waals surface area contributed by atoms with E-state index in [2.05, 4.69) is 79.5 Å². The lowest BCUT2D eigenvalue weighted by atomic mass is 10.2. The van der Waals surface area contributed by atoms with E-state index in [4.69, 9.17) is 0 Å². The van der Waals surface area contributed by atoms with E-state index in [1.807, 2.05) is 7.05 Å². The first-order chi connectivity index (χ1) is 9.13. The van der Waals surface area contributed by atoms with Gasteiger partial charge in [0.05, 0.1) is 0 Å². The molecule has 3 heteroatoms. The minimum absolute atomic E-state index is 0.510. The van der Waals surface area contributed by atoms with E-state index in [0.29, 0.717) is 0 Å². The van der Waals surface area contributed by atoms with Gasteiger partial charge in [-0.15, -0.1) is 0 Å². The van der Waals surface area contributed by atoms with Gasteiger partial charge >= 0.3 is 0 Å². The molecule has 19 heavy (non-hydrogen) atoms. The Morgan fingerprint density at radius 1 is 1.00 bits per heavy atom. The van der Waals surface area contributed by atoms with Crippen molar-refractivity contribution in [1.29, 1.82) is 0 Å². The number of rotatable bonds is 4. The van der Waals surface area contributed by atoms with Gasteiger partial charge in [-0.25, -0.2) is 0 Å². The first-order valence-electron chi connectivity index (χ1n) is 6.44. The number of nitrogens with one attached hydrogen (secondary N) is 1. The normalized spacial score (nSPS) is 12.2. The van der Waals surface area contributed by atoms with Crippen LogP contribution in [0.3, 0.4) is 0 Å². The molecule has 0 bridgehead atoms. The van der Waals surface area contributed by atoms with Gasteiger partial charge in [-0.2, -0.15) is 0 Å². The molecule has 0 spiro atoms. The topological polar surface area (TPSA) is 15.3 Å². The van der Waals surface area contributed by atoms with Crippen LogP contribution in [0.5, 0.6) is 0 Å². The molecule has 1 N–H and O–H groups in total. The van der Waals surface area contributed by atoms with Crippen LogP contribution in [-0.4, -0.2) is 21.1 Å². The molecule has 0 saturated heterocycles. The van der Waals surface area contributed by atoms with Gasteiger partial charge < -0.3 is 4.90 Å². The summed E-state index contributed by atoms with van der Waals surface area (Å²) in [6, 6.07) is 17.3. The Labute approximate surface area is 117 Å². The highest BCUT2D eigenvalue weighted by atomic mass is 31.1. The summed E-state index contributed by atoms with van der Waals surface area (Å²) in [5.74, 6) is 0. The lowest BCUT2D eigenvalue weighted by Crippen LogP contribution is -2.26. The third-order valence-electron chi connectivity index (χ3n) is 3.09. The van der Waals surface area contributed by atoms with E-state index >= 15 is 0 Å². The first-order valence-corrected chi connectivity index (χ1v) is 7.78. The van der Waals surface area contributed by atoms with Crippen LogP contribution < -0.4 is 20.6 Å². The first kappa shape index (κ1) is 14.0. The number of anilines is 1. The molecule has 0 aliphatic heterocycles. The molecule has 100 valence electrons. The summed E-state index contributed by atoms with van der Waals surface area (Å²) >= 11 is 0. The van der Waals surface area contributed by atoms with Crippen LogP contribution in [0.2, 0.25) is 0 Å². The van der Waals surface area contributed by atoms with E-state index in [1.165, 1.54) is 21.9 Å². The maximum absolute atomic E-state index is 3.50. The lowest BCUT2D eigenvalue weighted by molar-refractivity contribution is 1.14. The van der Waals surface area contributed by atoms with E-state index < -0.39 is 8.07 Å². The monoisotopic (exact) mass is 272 g/mol. The summed E-state index contributed by atoms with van der Waals surface area (Å²) in [5, 5.41) is 6.23. The minimum Gasteiger partial charge on any atom is -0.377 e. The van der Waals surface area contributed by atoms with Crippen LogP contribution in [0.25, 0.3) is 0 Å². The van der Waals surface area contributed by atoms with E-state index in [0.717, 1.165) is 0 Å². The molecular weight excluding hydrogens is 251 g/mol. The predicted molar refractivity (Wildman–Crippen MR) is 87.2 cm³/mol. The zero-order valence-electron chi connectivity index (χ0n) is 12.0. The SMILES string of the molecule is CNP(c1ccccc1)c1cc(C)ccc1N(C)C. The van der Waals surface area contributed by atoms with Gasteiger partial charge in [0.15, 0.2) is 0 Å². The zero-order valence-corrected chi connectivity index (χ0v) is 12.9. The minimum atomic E-state index is -0.510. The van der Waals surface area contributed by atoms with E-state index in [1.54, 1.807) is 0 Å². The smallest absolute Gasteiger partial charge is 0.0455 e.